The number of morpholine rings is 1. The zero-order valence-electron chi connectivity index (χ0n) is 13.6. The number of aryl methyl sites for hydroxylation is 2. The number of carbonyl (C=O) groups excluding carboxylic acids is 1. The van der Waals surface area contributed by atoms with Gasteiger partial charge in [-0.1, -0.05) is 0 Å². The molecule has 0 bridgehead atoms. The van der Waals surface area contributed by atoms with Gasteiger partial charge in [0, 0.05) is 31.0 Å². The van der Waals surface area contributed by atoms with E-state index in [0.717, 1.165) is 17.0 Å². The van der Waals surface area contributed by atoms with Crippen LogP contribution in [0.4, 0.5) is 10.5 Å². The largest absolute Gasteiger partial charge is 0.377 e. The molecule has 122 valence electrons. The number of ether oxygens (including phenoxy) is 1. The van der Waals surface area contributed by atoms with Crippen LogP contribution in [-0.4, -0.2) is 45.5 Å². The number of amides is 2. The monoisotopic (exact) mass is 315 g/mol. The number of hydrogen-bond donors (Lipinski definition) is 1. The molecule has 23 heavy (non-hydrogen) atoms. The molecule has 7 nitrogen and oxygen atoms in total. The van der Waals surface area contributed by atoms with Crippen molar-refractivity contribution in [2.45, 2.75) is 19.9 Å². The minimum atomic E-state index is -0.144. The van der Waals surface area contributed by atoms with Crippen LogP contribution >= 0.6 is 0 Å². The maximum absolute atomic E-state index is 12.7. The Hall–Kier alpha value is -2.41. The molecule has 0 saturated carbocycles. The summed E-state index contributed by atoms with van der Waals surface area (Å²) in [4.78, 5) is 18.5. The van der Waals surface area contributed by atoms with E-state index in [1.54, 1.807) is 18.5 Å². The molecule has 0 aromatic carbocycles. The lowest BCUT2D eigenvalue weighted by atomic mass is 10.0. The van der Waals surface area contributed by atoms with Gasteiger partial charge in [0.25, 0.3) is 0 Å². The molecule has 0 radical (unpaired) electrons. The summed E-state index contributed by atoms with van der Waals surface area (Å²) >= 11 is 0. The van der Waals surface area contributed by atoms with Crippen LogP contribution in [0.2, 0.25) is 0 Å². The molecular formula is C16H21N5O2. The van der Waals surface area contributed by atoms with E-state index in [4.69, 9.17) is 4.74 Å². The van der Waals surface area contributed by atoms with Crippen molar-refractivity contribution in [3.8, 4) is 0 Å². The van der Waals surface area contributed by atoms with Crippen molar-refractivity contribution in [2.24, 2.45) is 7.05 Å². The van der Waals surface area contributed by atoms with Crippen LogP contribution in [0.25, 0.3) is 0 Å². The summed E-state index contributed by atoms with van der Waals surface area (Å²) in [6, 6.07) is 3.34. The lowest BCUT2D eigenvalue weighted by Crippen LogP contribution is -2.45. The third-order valence-corrected chi connectivity index (χ3v) is 4.20. The number of nitrogens with one attached hydrogen (secondary N) is 1. The van der Waals surface area contributed by atoms with Crippen LogP contribution in [0.1, 0.15) is 23.0 Å². The van der Waals surface area contributed by atoms with Crippen molar-refractivity contribution >= 4 is 11.7 Å². The summed E-state index contributed by atoms with van der Waals surface area (Å²) in [5, 5.41) is 7.36. The van der Waals surface area contributed by atoms with Crippen LogP contribution in [0, 0.1) is 13.8 Å². The van der Waals surface area contributed by atoms with E-state index in [1.165, 1.54) is 0 Å². The zero-order valence-corrected chi connectivity index (χ0v) is 13.6. The van der Waals surface area contributed by atoms with Crippen LogP contribution in [0.15, 0.2) is 24.5 Å². The average Bonchev–Trinajstić information content (AvgIpc) is 2.81. The molecule has 1 aliphatic rings. The van der Waals surface area contributed by atoms with E-state index in [-0.39, 0.29) is 12.1 Å². The molecule has 0 unspecified atom stereocenters. The Morgan fingerprint density at radius 1 is 1.43 bits per heavy atom. The third-order valence-electron chi connectivity index (χ3n) is 4.20. The van der Waals surface area contributed by atoms with Crippen molar-refractivity contribution in [3.05, 3.63) is 41.5 Å². The molecule has 2 aromatic rings. The lowest BCUT2D eigenvalue weighted by Gasteiger charge is -2.36. The smallest absolute Gasteiger partial charge is 0.322 e. The molecule has 3 rings (SSSR count). The van der Waals surface area contributed by atoms with Crippen LogP contribution in [0.3, 0.4) is 0 Å². The molecule has 1 fully saturated rings. The summed E-state index contributed by atoms with van der Waals surface area (Å²) < 4.78 is 7.46. The zero-order chi connectivity index (χ0) is 16.4. The van der Waals surface area contributed by atoms with Gasteiger partial charge in [-0.15, -0.1) is 0 Å². The number of rotatable bonds is 2. The molecule has 2 amide bonds. The topological polar surface area (TPSA) is 72.3 Å². The molecule has 0 aliphatic carbocycles. The highest BCUT2D eigenvalue weighted by atomic mass is 16.5. The Kier molecular flexibility index (Phi) is 4.29. The number of pyridine rings is 1. The Balaban J connectivity index is 1.85. The van der Waals surface area contributed by atoms with E-state index in [0.29, 0.717) is 25.4 Å². The second-order valence-corrected chi connectivity index (χ2v) is 5.66. The number of anilines is 1. The lowest BCUT2D eigenvalue weighted by molar-refractivity contribution is 0.0143. The first-order chi connectivity index (χ1) is 11.1. The number of urea groups is 1. The van der Waals surface area contributed by atoms with Crippen molar-refractivity contribution in [3.63, 3.8) is 0 Å². The summed E-state index contributed by atoms with van der Waals surface area (Å²) in [7, 11) is 1.91. The van der Waals surface area contributed by atoms with Gasteiger partial charge in [0.1, 0.15) is 0 Å². The first-order valence-electron chi connectivity index (χ1n) is 7.63. The van der Waals surface area contributed by atoms with Crippen LogP contribution in [0.5, 0.6) is 0 Å². The summed E-state index contributed by atoms with van der Waals surface area (Å²) in [6.45, 7) is 5.54. The molecule has 0 spiro atoms. The fourth-order valence-corrected chi connectivity index (χ4v) is 2.99. The first kappa shape index (κ1) is 15.5. The second-order valence-electron chi connectivity index (χ2n) is 5.66. The number of hydrogen-bond acceptors (Lipinski definition) is 4. The van der Waals surface area contributed by atoms with E-state index in [9.17, 15) is 4.79 Å². The van der Waals surface area contributed by atoms with Gasteiger partial charge in [0.05, 0.1) is 36.8 Å². The van der Waals surface area contributed by atoms with Gasteiger partial charge >= 0.3 is 6.03 Å². The standard InChI is InChI=1S/C16H21N5O2/c1-11-15(12(2)20(3)19-11)14-10-23-8-7-21(14)16(22)18-13-5-4-6-17-9-13/h4-6,9,14H,7-8,10H2,1-3H3,(H,18,22)/t14-/m0/s1. The molecule has 3 heterocycles. The Morgan fingerprint density at radius 3 is 2.91 bits per heavy atom. The van der Waals surface area contributed by atoms with Crippen molar-refractivity contribution in [1.82, 2.24) is 19.7 Å². The maximum atomic E-state index is 12.7. The van der Waals surface area contributed by atoms with Crippen molar-refractivity contribution in [2.75, 3.05) is 25.1 Å². The molecule has 7 heteroatoms. The number of nitrogens with zero attached hydrogens (tertiary/aromatic N) is 4. The second kappa shape index (κ2) is 6.37. The number of carbonyl (C=O) groups is 1. The average molecular weight is 315 g/mol. The first-order valence-corrected chi connectivity index (χ1v) is 7.63. The molecule has 1 saturated heterocycles. The van der Waals surface area contributed by atoms with E-state index in [2.05, 4.69) is 15.4 Å². The van der Waals surface area contributed by atoms with Crippen molar-refractivity contribution < 1.29 is 9.53 Å². The highest BCUT2D eigenvalue weighted by molar-refractivity contribution is 5.89. The van der Waals surface area contributed by atoms with E-state index in [1.807, 2.05) is 36.5 Å². The SMILES string of the molecule is Cc1nn(C)c(C)c1[C@@H]1COCCN1C(=O)Nc1cccnc1. The summed E-state index contributed by atoms with van der Waals surface area (Å²) in [5.41, 5.74) is 3.73. The van der Waals surface area contributed by atoms with Gasteiger partial charge in [-0.25, -0.2) is 4.79 Å². The van der Waals surface area contributed by atoms with Gasteiger partial charge in [-0.3, -0.25) is 9.67 Å². The fourth-order valence-electron chi connectivity index (χ4n) is 2.99. The highest BCUT2D eigenvalue weighted by Crippen LogP contribution is 2.29. The normalized spacial score (nSPS) is 18.0. The molecular weight excluding hydrogens is 294 g/mol. The van der Waals surface area contributed by atoms with Crippen LogP contribution < -0.4 is 5.32 Å². The Bertz CT molecular complexity index is 698. The van der Waals surface area contributed by atoms with Gasteiger partial charge in [-0.2, -0.15) is 5.10 Å². The quantitative estimate of drug-likeness (QED) is 0.920. The molecule has 1 N–H and O–H groups in total. The molecule has 1 atom stereocenters. The van der Waals surface area contributed by atoms with Crippen molar-refractivity contribution in [1.29, 1.82) is 0 Å². The highest BCUT2D eigenvalue weighted by Gasteiger charge is 2.32. The number of aromatic nitrogens is 3. The fraction of sp³-hybridized carbons (Fsp3) is 0.438. The summed E-state index contributed by atoms with van der Waals surface area (Å²) in [5.74, 6) is 0. The predicted molar refractivity (Wildman–Crippen MR) is 86.2 cm³/mol. The van der Waals surface area contributed by atoms with Gasteiger partial charge in [0.2, 0.25) is 0 Å². The summed E-state index contributed by atoms with van der Waals surface area (Å²) in [6.07, 6.45) is 3.31. The minimum Gasteiger partial charge on any atom is -0.377 e. The van der Waals surface area contributed by atoms with Gasteiger partial charge in [0.15, 0.2) is 0 Å². The Labute approximate surface area is 135 Å². The third kappa shape index (κ3) is 3.05. The molecule has 1 aliphatic heterocycles. The van der Waals surface area contributed by atoms with E-state index >= 15 is 0 Å². The van der Waals surface area contributed by atoms with E-state index < -0.39 is 0 Å². The molecule has 2 aromatic heterocycles. The van der Waals surface area contributed by atoms with Crippen LogP contribution in [-0.2, 0) is 11.8 Å². The maximum Gasteiger partial charge on any atom is 0.322 e. The van der Waals surface area contributed by atoms with Gasteiger partial charge < -0.3 is 15.0 Å². The predicted octanol–water partition coefficient (Wildman–Crippen LogP) is 2.04. The minimum absolute atomic E-state index is 0.130. The Morgan fingerprint density at radius 2 is 2.26 bits per heavy atom. The van der Waals surface area contributed by atoms with Gasteiger partial charge in [-0.05, 0) is 26.0 Å².